The molecule has 0 aliphatic heterocycles. The average molecular weight is 402 g/mol. The molecule has 0 heterocycles. The zero-order valence-electron chi connectivity index (χ0n) is 17.0. The highest BCUT2D eigenvalue weighted by molar-refractivity contribution is 5.83. The van der Waals surface area contributed by atoms with E-state index in [1.54, 1.807) is 12.1 Å². The van der Waals surface area contributed by atoms with Crippen LogP contribution in [0.5, 0.6) is 17.2 Å². The number of ether oxygens (including phenoxy) is 4. The first-order chi connectivity index (χ1) is 14.0. The normalized spacial score (nSPS) is 11.2. The van der Waals surface area contributed by atoms with Gasteiger partial charge in [0, 0.05) is 13.0 Å². The molecule has 0 bridgehead atoms. The summed E-state index contributed by atoms with van der Waals surface area (Å²) in [7, 11) is 5.85. The number of methoxy groups -OCH3 is 4. The number of hydrogen-bond acceptors (Lipinski definition) is 6. The van der Waals surface area contributed by atoms with E-state index in [1.807, 2.05) is 30.3 Å². The van der Waals surface area contributed by atoms with Crippen LogP contribution in [-0.2, 0) is 22.5 Å². The van der Waals surface area contributed by atoms with Crippen LogP contribution in [0.25, 0.3) is 0 Å². The lowest BCUT2D eigenvalue weighted by atomic mass is 10.1. The molecule has 2 aromatic rings. The van der Waals surface area contributed by atoms with Crippen LogP contribution in [0.2, 0.25) is 0 Å². The van der Waals surface area contributed by atoms with Gasteiger partial charge in [-0.2, -0.15) is 0 Å². The summed E-state index contributed by atoms with van der Waals surface area (Å²) in [4.78, 5) is 24.4. The number of esters is 1. The summed E-state index contributed by atoms with van der Waals surface area (Å²) in [6.07, 6.45) is 0.325. The lowest BCUT2D eigenvalue weighted by Crippen LogP contribution is -2.47. The minimum absolute atomic E-state index is 0.196. The highest BCUT2D eigenvalue weighted by atomic mass is 16.5. The lowest BCUT2D eigenvalue weighted by Gasteiger charge is -2.18. The van der Waals surface area contributed by atoms with E-state index in [0.717, 1.165) is 11.1 Å². The predicted octanol–water partition coefficient (Wildman–Crippen LogP) is 2.30. The molecule has 2 aromatic carbocycles. The van der Waals surface area contributed by atoms with Crippen LogP contribution in [0.1, 0.15) is 11.1 Å². The molecule has 1 atom stereocenters. The van der Waals surface area contributed by atoms with Gasteiger partial charge in [-0.05, 0) is 23.3 Å². The second kappa shape index (κ2) is 10.8. The van der Waals surface area contributed by atoms with E-state index in [9.17, 15) is 9.59 Å². The van der Waals surface area contributed by atoms with Crippen molar-refractivity contribution in [3.63, 3.8) is 0 Å². The largest absolute Gasteiger partial charge is 0.493 e. The van der Waals surface area contributed by atoms with E-state index in [-0.39, 0.29) is 6.54 Å². The van der Waals surface area contributed by atoms with Gasteiger partial charge in [-0.25, -0.2) is 9.59 Å². The number of benzene rings is 2. The first kappa shape index (κ1) is 21.9. The predicted molar refractivity (Wildman–Crippen MR) is 107 cm³/mol. The summed E-state index contributed by atoms with van der Waals surface area (Å²) < 4.78 is 20.7. The van der Waals surface area contributed by atoms with Crippen molar-refractivity contribution in [2.45, 2.75) is 19.0 Å². The van der Waals surface area contributed by atoms with Crippen molar-refractivity contribution in [1.82, 2.24) is 10.6 Å². The topological polar surface area (TPSA) is 95.1 Å². The van der Waals surface area contributed by atoms with Crippen molar-refractivity contribution in [1.29, 1.82) is 0 Å². The number of rotatable bonds is 9. The van der Waals surface area contributed by atoms with Crippen molar-refractivity contribution in [2.24, 2.45) is 0 Å². The molecule has 0 aliphatic rings. The van der Waals surface area contributed by atoms with Gasteiger partial charge in [-0.3, -0.25) is 0 Å². The van der Waals surface area contributed by atoms with E-state index < -0.39 is 18.0 Å². The van der Waals surface area contributed by atoms with Crippen LogP contribution >= 0.6 is 0 Å². The van der Waals surface area contributed by atoms with Crippen molar-refractivity contribution >= 4 is 12.0 Å². The standard InChI is InChI=1S/C21H26N2O6/c1-26-17-11-15(12-18(27-2)19(17)28-3)13-22-21(25)23-16(20(24)29-4)10-14-8-6-5-7-9-14/h5-9,11-12,16H,10,13H2,1-4H3,(H2,22,23,25). The lowest BCUT2D eigenvalue weighted by molar-refractivity contribution is -0.142. The highest BCUT2D eigenvalue weighted by Gasteiger charge is 2.22. The molecule has 0 fully saturated rings. The van der Waals surface area contributed by atoms with Crippen LogP contribution in [-0.4, -0.2) is 46.5 Å². The highest BCUT2D eigenvalue weighted by Crippen LogP contribution is 2.38. The number of carbonyl (C=O) groups excluding carboxylic acids is 2. The summed E-state index contributed by atoms with van der Waals surface area (Å²) in [5.74, 6) is 0.926. The van der Waals surface area contributed by atoms with Gasteiger partial charge < -0.3 is 29.6 Å². The number of urea groups is 1. The molecular weight excluding hydrogens is 376 g/mol. The number of carbonyl (C=O) groups is 2. The van der Waals surface area contributed by atoms with E-state index in [4.69, 9.17) is 18.9 Å². The fourth-order valence-electron chi connectivity index (χ4n) is 2.81. The third-order valence-electron chi connectivity index (χ3n) is 4.25. The first-order valence-corrected chi connectivity index (χ1v) is 8.97. The molecule has 29 heavy (non-hydrogen) atoms. The van der Waals surface area contributed by atoms with Gasteiger partial charge in [-0.15, -0.1) is 0 Å². The SMILES string of the molecule is COC(=O)C(Cc1ccccc1)NC(=O)NCc1cc(OC)c(OC)c(OC)c1. The second-order valence-electron chi connectivity index (χ2n) is 6.13. The van der Waals surface area contributed by atoms with E-state index in [0.29, 0.717) is 23.7 Å². The van der Waals surface area contributed by atoms with Gasteiger partial charge >= 0.3 is 12.0 Å². The zero-order chi connectivity index (χ0) is 21.2. The van der Waals surface area contributed by atoms with Crippen LogP contribution in [0.3, 0.4) is 0 Å². The van der Waals surface area contributed by atoms with Gasteiger partial charge in [0.25, 0.3) is 0 Å². The summed E-state index contributed by atoms with van der Waals surface area (Å²) >= 11 is 0. The van der Waals surface area contributed by atoms with Crippen LogP contribution in [0, 0.1) is 0 Å². The minimum atomic E-state index is -0.803. The fraction of sp³-hybridized carbons (Fsp3) is 0.333. The molecule has 0 saturated carbocycles. The van der Waals surface area contributed by atoms with Gasteiger partial charge in [0.15, 0.2) is 11.5 Å². The first-order valence-electron chi connectivity index (χ1n) is 8.97. The molecule has 1 unspecified atom stereocenters. The Labute approximate surface area is 170 Å². The number of amides is 2. The maximum Gasteiger partial charge on any atom is 0.328 e. The summed E-state index contributed by atoms with van der Waals surface area (Å²) in [6, 6.07) is 11.6. The van der Waals surface area contributed by atoms with Crippen LogP contribution in [0.4, 0.5) is 4.79 Å². The molecule has 0 radical (unpaired) electrons. The summed E-state index contributed by atoms with van der Waals surface area (Å²) in [6.45, 7) is 0.196. The van der Waals surface area contributed by atoms with Crippen molar-refractivity contribution in [3.8, 4) is 17.2 Å². The number of nitrogens with one attached hydrogen (secondary N) is 2. The maximum absolute atomic E-state index is 12.4. The average Bonchev–Trinajstić information content (AvgIpc) is 2.76. The molecule has 2 amide bonds. The molecule has 8 heteroatoms. The Morgan fingerprint density at radius 2 is 1.52 bits per heavy atom. The molecule has 0 spiro atoms. The monoisotopic (exact) mass is 402 g/mol. The van der Waals surface area contributed by atoms with Crippen molar-refractivity contribution in [2.75, 3.05) is 28.4 Å². The quantitative estimate of drug-likeness (QED) is 0.625. The smallest absolute Gasteiger partial charge is 0.328 e. The Morgan fingerprint density at radius 1 is 0.897 bits per heavy atom. The maximum atomic E-state index is 12.4. The summed E-state index contributed by atoms with van der Waals surface area (Å²) in [5, 5.41) is 5.38. The Morgan fingerprint density at radius 3 is 2.03 bits per heavy atom. The second-order valence-corrected chi connectivity index (χ2v) is 6.13. The van der Waals surface area contributed by atoms with E-state index in [2.05, 4.69) is 10.6 Å². The third-order valence-corrected chi connectivity index (χ3v) is 4.25. The zero-order valence-corrected chi connectivity index (χ0v) is 17.0. The molecular formula is C21H26N2O6. The van der Waals surface area contributed by atoms with Crippen molar-refractivity contribution in [3.05, 3.63) is 53.6 Å². The van der Waals surface area contributed by atoms with E-state index >= 15 is 0 Å². The van der Waals surface area contributed by atoms with Crippen molar-refractivity contribution < 1.29 is 28.5 Å². The minimum Gasteiger partial charge on any atom is -0.493 e. The Balaban J connectivity index is 2.04. The van der Waals surface area contributed by atoms with Gasteiger partial charge in [-0.1, -0.05) is 30.3 Å². The molecule has 2 N–H and O–H groups in total. The van der Waals surface area contributed by atoms with Gasteiger partial charge in [0.05, 0.1) is 28.4 Å². The molecule has 0 aliphatic carbocycles. The Kier molecular flexibility index (Phi) is 8.14. The third kappa shape index (κ3) is 6.03. The molecule has 156 valence electrons. The van der Waals surface area contributed by atoms with E-state index in [1.165, 1.54) is 28.4 Å². The Bertz CT molecular complexity index is 800. The van der Waals surface area contributed by atoms with Crippen LogP contribution in [0.15, 0.2) is 42.5 Å². The molecule has 2 rings (SSSR count). The van der Waals surface area contributed by atoms with Gasteiger partial charge in [0.2, 0.25) is 5.75 Å². The molecule has 0 aromatic heterocycles. The Hall–Kier alpha value is -3.42. The summed E-state index contributed by atoms with van der Waals surface area (Å²) in [5.41, 5.74) is 1.65. The van der Waals surface area contributed by atoms with Gasteiger partial charge in [0.1, 0.15) is 6.04 Å². The van der Waals surface area contributed by atoms with Crippen LogP contribution < -0.4 is 24.8 Å². The molecule has 0 saturated heterocycles. The number of hydrogen-bond donors (Lipinski definition) is 2. The molecule has 8 nitrogen and oxygen atoms in total. The fourth-order valence-corrected chi connectivity index (χ4v) is 2.81.